The topological polar surface area (TPSA) is 118 Å². The lowest BCUT2D eigenvalue weighted by Gasteiger charge is -2.32. The Bertz CT molecular complexity index is 1200. The summed E-state index contributed by atoms with van der Waals surface area (Å²) in [5, 5.41) is 5.58. The Kier molecular flexibility index (Phi) is 6.40. The smallest absolute Gasteiger partial charge is 0.265 e. The summed E-state index contributed by atoms with van der Waals surface area (Å²) in [5.41, 5.74) is 1.94. The number of ether oxygens (including phenoxy) is 1. The quantitative estimate of drug-likeness (QED) is 0.691. The van der Waals surface area contributed by atoms with Gasteiger partial charge in [0.2, 0.25) is 15.9 Å². The Morgan fingerprint density at radius 2 is 2.09 bits per heavy atom. The summed E-state index contributed by atoms with van der Waals surface area (Å²) in [6, 6.07) is 6.70. The molecule has 2 N–H and O–H groups in total. The molecule has 0 bridgehead atoms. The van der Waals surface area contributed by atoms with Crippen molar-refractivity contribution in [2.45, 2.75) is 51.0 Å². The summed E-state index contributed by atoms with van der Waals surface area (Å²) < 4.78 is 34.1. The standard InChI is InChI=1S/C23H28N4O5S/c1-4-18-23(29)25-17-11-15(3)20(12-19(17)32-18)33(30,31)27-9-5-6-16(13-27)22(28)26-21-10-14(2)7-8-24-21/h7-8,10-12,16,18H,4-6,9,13H2,1-3H3,(H,25,29)(H,24,26,28)/t16-,18+/m0/s1. The van der Waals surface area contributed by atoms with E-state index < -0.39 is 22.0 Å². The van der Waals surface area contributed by atoms with Crippen molar-refractivity contribution in [2.24, 2.45) is 5.92 Å². The number of benzene rings is 1. The SMILES string of the molecule is CC[C@H]1Oc2cc(S(=O)(=O)N3CCC[C@H](C(=O)Nc4cc(C)ccn4)C3)c(C)cc2NC1=O. The van der Waals surface area contributed by atoms with Crippen LogP contribution in [0.1, 0.15) is 37.3 Å². The molecule has 33 heavy (non-hydrogen) atoms. The number of hydrogen-bond donors (Lipinski definition) is 2. The highest BCUT2D eigenvalue weighted by Crippen LogP contribution is 2.36. The zero-order valence-electron chi connectivity index (χ0n) is 18.9. The zero-order chi connectivity index (χ0) is 23.8. The number of nitrogens with one attached hydrogen (secondary N) is 2. The fourth-order valence-electron chi connectivity index (χ4n) is 4.18. The van der Waals surface area contributed by atoms with Crippen LogP contribution in [0.25, 0.3) is 0 Å². The second-order valence-corrected chi connectivity index (χ2v) is 10.4. The molecule has 0 radical (unpaired) electrons. The van der Waals surface area contributed by atoms with Crippen LogP contribution in [0.2, 0.25) is 0 Å². The second-order valence-electron chi connectivity index (χ2n) is 8.53. The number of aromatic nitrogens is 1. The number of piperidine rings is 1. The number of hydrogen-bond acceptors (Lipinski definition) is 6. The number of pyridine rings is 1. The van der Waals surface area contributed by atoms with Crippen LogP contribution in [-0.2, 0) is 19.6 Å². The lowest BCUT2D eigenvalue weighted by atomic mass is 9.99. The van der Waals surface area contributed by atoms with E-state index >= 15 is 0 Å². The number of sulfonamides is 1. The van der Waals surface area contributed by atoms with Gasteiger partial charge in [-0.25, -0.2) is 13.4 Å². The molecule has 1 fully saturated rings. The van der Waals surface area contributed by atoms with Crippen LogP contribution in [0, 0.1) is 19.8 Å². The molecule has 1 aromatic heterocycles. The van der Waals surface area contributed by atoms with E-state index in [-0.39, 0.29) is 23.3 Å². The Morgan fingerprint density at radius 3 is 2.82 bits per heavy atom. The number of aryl methyl sites for hydroxylation is 2. The first-order valence-electron chi connectivity index (χ1n) is 11.0. The van der Waals surface area contributed by atoms with Gasteiger partial charge in [-0.05, 0) is 62.4 Å². The van der Waals surface area contributed by atoms with E-state index in [1.54, 1.807) is 25.3 Å². The molecule has 2 aromatic rings. The molecule has 176 valence electrons. The maximum atomic E-state index is 13.5. The molecule has 0 spiro atoms. The van der Waals surface area contributed by atoms with E-state index in [0.717, 1.165) is 5.56 Å². The molecule has 10 heteroatoms. The maximum absolute atomic E-state index is 13.5. The number of carbonyl (C=O) groups excluding carboxylic acids is 2. The molecule has 3 heterocycles. The van der Waals surface area contributed by atoms with Crippen molar-refractivity contribution in [3.8, 4) is 5.75 Å². The summed E-state index contributed by atoms with van der Waals surface area (Å²) in [6.07, 6.45) is 2.61. The molecular weight excluding hydrogens is 444 g/mol. The molecule has 9 nitrogen and oxygen atoms in total. The Morgan fingerprint density at radius 1 is 1.30 bits per heavy atom. The molecular formula is C23H28N4O5S. The van der Waals surface area contributed by atoms with Crippen molar-refractivity contribution in [2.75, 3.05) is 23.7 Å². The van der Waals surface area contributed by atoms with Crippen LogP contribution in [0.3, 0.4) is 0 Å². The van der Waals surface area contributed by atoms with Gasteiger partial charge in [0.15, 0.2) is 6.10 Å². The van der Waals surface area contributed by atoms with Gasteiger partial charge in [0.25, 0.3) is 5.91 Å². The summed E-state index contributed by atoms with van der Waals surface area (Å²) in [4.78, 5) is 29.2. The van der Waals surface area contributed by atoms with E-state index in [1.165, 1.54) is 10.4 Å². The minimum atomic E-state index is -3.86. The first-order chi connectivity index (χ1) is 15.7. The van der Waals surface area contributed by atoms with Gasteiger partial charge in [0.05, 0.1) is 16.5 Å². The Hall–Kier alpha value is -2.98. The first-order valence-corrected chi connectivity index (χ1v) is 12.5. The van der Waals surface area contributed by atoms with Gasteiger partial charge >= 0.3 is 0 Å². The van der Waals surface area contributed by atoms with Crippen LogP contribution < -0.4 is 15.4 Å². The zero-order valence-corrected chi connectivity index (χ0v) is 19.7. The molecule has 2 atom stereocenters. The van der Waals surface area contributed by atoms with Gasteiger partial charge in [-0.1, -0.05) is 6.92 Å². The molecule has 1 saturated heterocycles. The highest BCUT2D eigenvalue weighted by atomic mass is 32.2. The summed E-state index contributed by atoms with van der Waals surface area (Å²) in [5.74, 6) is -0.175. The average molecular weight is 473 g/mol. The van der Waals surface area contributed by atoms with Crippen molar-refractivity contribution in [3.05, 3.63) is 41.6 Å². The van der Waals surface area contributed by atoms with Gasteiger partial charge in [-0.2, -0.15) is 4.31 Å². The molecule has 0 saturated carbocycles. The van der Waals surface area contributed by atoms with E-state index in [1.807, 2.05) is 19.9 Å². The number of fused-ring (bicyclic) bond motifs is 1. The molecule has 0 unspecified atom stereocenters. The second kappa shape index (κ2) is 9.11. The molecule has 2 amide bonds. The van der Waals surface area contributed by atoms with Crippen LogP contribution in [0.15, 0.2) is 35.4 Å². The lowest BCUT2D eigenvalue weighted by Crippen LogP contribution is -2.44. The average Bonchev–Trinajstić information content (AvgIpc) is 2.78. The van der Waals surface area contributed by atoms with Crippen LogP contribution in [-0.4, -0.2) is 48.7 Å². The van der Waals surface area contributed by atoms with Crippen molar-refractivity contribution in [1.82, 2.24) is 9.29 Å². The van der Waals surface area contributed by atoms with Crippen molar-refractivity contribution < 1.29 is 22.7 Å². The van der Waals surface area contributed by atoms with Gasteiger partial charge in [0, 0.05) is 25.4 Å². The number of anilines is 2. The summed E-state index contributed by atoms with van der Waals surface area (Å²) in [7, 11) is -3.86. The highest BCUT2D eigenvalue weighted by Gasteiger charge is 2.36. The number of rotatable bonds is 5. The van der Waals surface area contributed by atoms with Gasteiger partial charge in [-0.3, -0.25) is 9.59 Å². The Labute approximate surface area is 193 Å². The molecule has 0 aliphatic carbocycles. The fraction of sp³-hybridized carbons (Fsp3) is 0.435. The van der Waals surface area contributed by atoms with E-state index in [4.69, 9.17) is 4.74 Å². The minimum Gasteiger partial charge on any atom is -0.478 e. The number of nitrogens with zero attached hydrogens (tertiary/aromatic N) is 2. The third kappa shape index (κ3) is 4.72. The Balaban J connectivity index is 1.55. The predicted octanol–water partition coefficient (Wildman–Crippen LogP) is 2.85. The minimum absolute atomic E-state index is 0.0890. The van der Waals surface area contributed by atoms with Crippen molar-refractivity contribution >= 4 is 33.3 Å². The van der Waals surface area contributed by atoms with Crippen LogP contribution >= 0.6 is 0 Å². The largest absolute Gasteiger partial charge is 0.478 e. The molecule has 2 aliphatic rings. The highest BCUT2D eigenvalue weighted by molar-refractivity contribution is 7.89. The van der Waals surface area contributed by atoms with E-state index in [0.29, 0.717) is 48.6 Å². The van der Waals surface area contributed by atoms with E-state index in [2.05, 4.69) is 15.6 Å². The van der Waals surface area contributed by atoms with Gasteiger partial charge in [-0.15, -0.1) is 0 Å². The first kappa shape index (κ1) is 23.2. The fourth-order valence-corrected chi connectivity index (χ4v) is 5.92. The van der Waals surface area contributed by atoms with Gasteiger partial charge in [0.1, 0.15) is 11.6 Å². The number of amides is 2. The molecule has 2 aliphatic heterocycles. The van der Waals surface area contributed by atoms with Crippen molar-refractivity contribution in [3.63, 3.8) is 0 Å². The van der Waals surface area contributed by atoms with Crippen LogP contribution in [0.4, 0.5) is 11.5 Å². The maximum Gasteiger partial charge on any atom is 0.265 e. The monoisotopic (exact) mass is 472 g/mol. The molecule has 1 aromatic carbocycles. The summed E-state index contributed by atoms with van der Waals surface area (Å²) in [6.45, 7) is 5.84. The predicted molar refractivity (Wildman–Crippen MR) is 124 cm³/mol. The lowest BCUT2D eigenvalue weighted by molar-refractivity contribution is -0.123. The van der Waals surface area contributed by atoms with E-state index in [9.17, 15) is 18.0 Å². The van der Waals surface area contributed by atoms with Crippen LogP contribution in [0.5, 0.6) is 5.75 Å². The van der Waals surface area contributed by atoms with Crippen molar-refractivity contribution in [1.29, 1.82) is 0 Å². The summed E-state index contributed by atoms with van der Waals surface area (Å²) >= 11 is 0. The normalized spacial score (nSPS) is 21.0. The molecule has 4 rings (SSSR count). The van der Waals surface area contributed by atoms with Gasteiger partial charge < -0.3 is 15.4 Å². The number of carbonyl (C=O) groups is 2. The third-order valence-corrected chi connectivity index (χ3v) is 8.01. The third-order valence-electron chi connectivity index (χ3n) is 6.01.